The molecule has 2 amide bonds. The number of pyridine rings is 1. The van der Waals surface area contributed by atoms with E-state index in [0.717, 1.165) is 31.5 Å². The molecule has 1 aromatic heterocycles. The summed E-state index contributed by atoms with van der Waals surface area (Å²) in [6, 6.07) is 11.2. The normalized spacial score (nSPS) is 19.9. The molecule has 2 aliphatic heterocycles. The van der Waals surface area contributed by atoms with Gasteiger partial charge in [-0.25, -0.2) is 0 Å². The summed E-state index contributed by atoms with van der Waals surface area (Å²) in [5, 5.41) is 3.10. The first-order valence-corrected chi connectivity index (χ1v) is 10.1. The van der Waals surface area contributed by atoms with Gasteiger partial charge in [0.25, 0.3) is 5.91 Å². The molecule has 0 aliphatic carbocycles. The Morgan fingerprint density at radius 3 is 3.00 bits per heavy atom. The Kier molecular flexibility index (Phi) is 6.05. The molecule has 4 rings (SSSR count). The van der Waals surface area contributed by atoms with E-state index in [9.17, 15) is 9.59 Å². The number of rotatable bonds is 5. The van der Waals surface area contributed by atoms with Gasteiger partial charge in [0, 0.05) is 55.7 Å². The van der Waals surface area contributed by atoms with Crippen molar-refractivity contribution < 1.29 is 14.3 Å². The van der Waals surface area contributed by atoms with E-state index in [1.165, 1.54) is 0 Å². The molecule has 152 valence electrons. The van der Waals surface area contributed by atoms with Crippen molar-refractivity contribution in [1.82, 2.24) is 20.1 Å². The standard InChI is InChI=1S/C22H26N4O3/c27-21-14-24-9-11-26(21)19-6-3-10-25(15-19)22(28)18-5-1-7-20(12-18)29-16-17-4-2-8-23-13-17/h1-2,4-5,7-8,12-13,19,24H,3,6,9-11,14-16H2. The molecule has 29 heavy (non-hydrogen) atoms. The number of amides is 2. The summed E-state index contributed by atoms with van der Waals surface area (Å²) in [6.45, 7) is 3.63. The van der Waals surface area contributed by atoms with Crippen LogP contribution in [0.2, 0.25) is 0 Å². The zero-order chi connectivity index (χ0) is 20.1. The summed E-state index contributed by atoms with van der Waals surface area (Å²) >= 11 is 0. The van der Waals surface area contributed by atoms with Gasteiger partial charge in [0.2, 0.25) is 5.91 Å². The van der Waals surface area contributed by atoms with E-state index in [1.54, 1.807) is 18.5 Å². The molecule has 1 aromatic carbocycles. The fraction of sp³-hybridized carbons (Fsp3) is 0.409. The molecule has 0 spiro atoms. The number of carbonyl (C=O) groups is 2. The highest BCUT2D eigenvalue weighted by Crippen LogP contribution is 2.21. The average molecular weight is 394 g/mol. The minimum absolute atomic E-state index is 0.0101. The number of nitrogens with zero attached hydrogens (tertiary/aromatic N) is 3. The summed E-state index contributed by atoms with van der Waals surface area (Å²) in [7, 11) is 0. The maximum atomic E-state index is 13.1. The topological polar surface area (TPSA) is 74.8 Å². The lowest BCUT2D eigenvalue weighted by Gasteiger charge is -2.41. The van der Waals surface area contributed by atoms with Crippen LogP contribution in [0, 0.1) is 0 Å². The number of hydrogen-bond donors (Lipinski definition) is 1. The molecule has 2 fully saturated rings. The van der Waals surface area contributed by atoms with Crippen LogP contribution in [-0.4, -0.2) is 65.4 Å². The van der Waals surface area contributed by atoms with Crippen LogP contribution in [0.25, 0.3) is 0 Å². The molecule has 1 atom stereocenters. The highest BCUT2D eigenvalue weighted by atomic mass is 16.5. The molecular formula is C22H26N4O3. The number of carbonyl (C=O) groups excluding carboxylic acids is 2. The molecule has 2 aromatic rings. The second-order valence-corrected chi connectivity index (χ2v) is 7.49. The van der Waals surface area contributed by atoms with Crippen molar-refractivity contribution in [3.8, 4) is 5.75 Å². The minimum Gasteiger partial charge on any atom is -0.489 e. The van der Waals surface area contributed by atoms with Crippen LogP contribution in [0.4, 0.5) is 0 Å². The molecule has 0 radical (unpaired) electrons. The van der Waals surface area contributed by atoms with E-state index in [1.807, 2.05) is 40.1 Å². The third-order valence-electron chi connectivity index (χ3n) is 5.46. The molecule has 0 saturated carbocycles. The zero-order valence-electron chi connectivity index (χ0n) is 16.4. The Bertz CT molecular complexity index is 858. The van der Waals surface area contributed by atoms with Crippen molar-refractivity contribution in [1.29, 1.82) is 0 Å². The number of benzene rings is 1. The number of aromatic nitrogens is 1. The van der Waals surface area contributed by atoms with E-state index in [0.29, 0.717) is 37.6 Å². The van der Waals surface area contributed by atoms with Gasteiger partial charge in [-0.05, 0) is 37.1 Å². The predicted octanol–water partition coefficient (Wildman–Crippen LogP) is 1.70. The molecular weight excluding hydrogens is 368 g/mol. The second-order valence-electron chi connectivity index (χ2n) is 7.49. The molecule has 7 heteroatoms. The van der Waals surface area contributed by atoms with Gasteiger partial charge in [-0.15, -0.1) is 0 Å². The number of piperidine rings is 1. The first-order chi connectivity index (χ1) is 14.2. The molecule has 7 nitrogen and oxygen atoms in total. The monoisotopic (exact) mass is 394 g/mol. The van der Waals surface area contributed by atoms with Crippen molar-refractivity contribution in [2.24, 2.45) is 0 Å². The highest BCUT2D eigenvalue weighted by molar-refractivity contribution is 5.94. The first kappa shape index (κ1) is 19.4. The van der Waals surface area contributed by atoms with Crippen LogP contribution >= 0.6 is 0 Å². The fourth-order valence-electron chi connectivity index (χ4n) is 3.95. The van der Waals surface area contributed by atoms with Crippen LogP contribution in [0.15, 0.2) is 48.8 Å². The highest BCUT2D eigenvalue weighted by Gasteiger charge is 2.31. The van der Waals surface area contributed by atoms with Gasteiger partial charge >= 0.3 is 0 Å². The van der Waals surface area contributed by atoms with Gasteiger partial charge in [0.1, 0.15) is 12.4 Å². The lowest BCUT2D eigenvalue weighted by Crippen LogP contribution is -2.57. The van der Waals surface area contributed by atoms with Crippen LogP contribution in [0.5, 0.6) is 5.75 Å². The van der Waals surface area contributed by atoms with Crippen molar-refractivity contribution >= 4 is 11.8 Å². The second kappa shape index (κ2) is 9.05. The Morgan fingerprint density at radius 1 is 1.24 bits per heavy atom. The molecule has 0 bridgehead atoms. The quantitative estimate of drug-likeness (QED) is 0.836. The molecule has 3 heterocycles. The van der Waals surface area contributed by atoms with Gasteiger partial charge in [-0.3, -0.25) is 14.6 Å². The van der Waals surface area contributed by atoms with E-state index < -0.39 is 0 Å². The van der Waals surface area contributed by atoms with Crippen molar-refractivity contribution in [2.75, 3.05) is 32.7 Å². The Balaban J connectivity index is 1.40. The lowest BCUT2D eigenvalue weighted by molar-refractivity contribution is -0.135. The lowest BCUT2D eigenvalue weighted by atomic mass is 10.0. The summed E-state index contributed by atoms with van der Waals surface area (Å²) in [5.74, 6) is 0.774. The van der Waals surface area contributed by atoms with Gasteiger partial charge in [-0.1, -0.05) is 12.1 Å². The summed E-state index contributed by atoms with van der Waals surface area (Å²) in [6.07, 6.45) is 5.34. The molecule has 2 aliphatic rings. The number of ether oxygens (including phenoxy) is 1. The van der Waals surface area contributed by atoms with Gasteiger partial charge in [-0.2, -0.15) is 0 Å². The predicted molar refractivity (Wildman–Crippen MR) is 109 cm³/mol. The Hall–Kier alpha value is -2.93. The Labute approximate surface area is 170 Å². The number of hydrogen-bond acceptors (Lipinski definition) is 5. The SMILES string of the molecule is O=C(c1cccc(OCc2cccnc2)c1)N1CCCC(N2CCNCC2=O)C1. The molecule has 1 N–H and O–H groups in total. The largest absolute Gasteiger partial charge is 0.489 e. The van der Waals surface area contributed by atoms with Crippen LogP contribution in [-0.2, 0) is 11.4 Å². The number of nitrogens with one attached hydrogen (secondary N) is 1. The average Bonchev–Trinajstić information content (AvgIpc) is 2.78. The number of likely N-dealkylation sites (tertiary alicyclic amines) is 1. The van der Waals surface area contributed by atoms with Gasteiger partial charge < -0.3 is 19.9 Å². The fourth-order valence-corrected chi connectivity index (χ4v) is 3.95. The van der Waals surface area contributed by atoms with E-state index in [4.69, 9.17) is 4.74 Å². The van der Waals surface area contributed by atoms with Gasteiger partial charge in [0.05, 0.1) is 6.54 Å². The summed E-state index contributed by atoms with van der Waals surface area (Å²) < 4.78 is 5.83. The van der Waals surface area contributed by atoms with Crippen molar-refractivity contribution in [3.05, 3.63) is 59.9 Å². The smallest absolute Gasteiger partial charge is 0.254 e. The van der Waals surface area contributed by atoms with Crippen molar-refractivity contribution in [3.63, 3.8) is 0 Å². The summed E-state index contributed by atoms with van der Waals surface area (Å²) in [4.78, 5) is 33.2. The maximum Gasteiger partial charge on any atom is 0.254 e. The van der Waals surface area contributed by atoms with Crippen LogP contribution < -0.4 is 10.1 Å². The van der Waals surface area contributed by atoms with Gasteiger partial charge in [0.15, 0.2) is 0 Å². The van der Waals surface area contributed by atoms with E-state index in [2.05, 4.69) is 10.3 Å². The first-order valence-electron chi connectivity index (χ1n) is 10.1. The molecule has 1 unspecified atom stereocenters. The maximum absolute atomic E-state index is 13.1. The zero-order valence-corrected chi connectivity index (χ0v) is 16.4. The Morgan fingerprint density at radius 2 is 2.17 bits per heavy atom. The van der Waals surface area contributed by atoms with Crippen LogP contribution in [0.3, 0.4) is 0 Å². The minimum atomic E-state index is -0.0101. The van der Waals surface area contributed by atoms with E-state index in [-0.39, 0.29) is 17.9 Å². The summed E-state index contributed by atoms with van der Waals surface area (Å²) in [5.41, 5.74) is 1.59. The third-order valence-corrected chi connectivity index (χ3v) is 5.46. The van der Waals surface area contributed by atoms with E-state index >= 15 is 0 Å². The molecule has 2 saturated heterocycles. The van der Waals surface area contributed by atoms with Crippen molar-refractivity contribution in [2.45, 2.75) is 25.5 Å². The third kappa shape index (κ3) is 4.74. The van der Waals surface area contributed by atoms with Crippen LogP contribution in [0.1, 0.15) is 28.8 Å². The number of piperazine rings is 1.